The van der Waals surface area contributed by atoms with Crippen LogP contribution < -0.4 is 5.32 Å². The molecule has 0 fully saturated rings. The first-order chi connectivity index (χ1) is 10.6. The minimum Gasteiger partial charge on any atom is -0.460 e. The maximum Gasteiger partial charge on any atom is 0.325 e. The molecule has 2 aromatic rings. The van der Waals surface area contributed by atoms with E-state index in [1.54, 1.807) is 0 Å². The smallest absolute Gasteiger partial charge is 0.325 e. The van der Waals surface area contributed by atoms with Crippen LogP contribution in [0.5, 0.6) is 0 Å². The maximum absolute atomic E-state index is 12.9. The summed E-state index contributed by atoms with van der Waals surface area (Å²) in [5.74, 6) is -1.68. The number of carbonyl (C=O) groups excluding carboxylic acids is 2. The third-order valence-electron chi connectivity index (χ3n) is 2.81. The summed E-state index contributed by atoms with van der Waals surface area (Å²) < 4.78 is 17.9. The van der Waals surface area contributed by atoms with Crippen molar-refractivity contribution in [1.82, 2.24) is 5.32 Å². The Morgan fingerprint density at radius 3 is 2.55 bits per heavy atom. The molecule has 0 aliphatic heterocycles. The van der Waals surface area contributed by atoms with Crippen LogP contribution >= 0.6 is 11.6 Å². The lowest BCUT2D eigenvalue weighted by molar-refractivity contribution is -0.143. The van der Waals surface area contributed by atoms with Gasteiger partial charge in [-0.25, -0.2) is 4.39 Å². The molecule has 0 aliphatic carbocycles. The highest BCUT2D eigenvalue weighted by Crippen LogP contribution is 2.16. The van der Waals surface area contributed by atoms with Crippen LogP contribution in [0.3, 0.4) is 0 Å². The van der Waals surface area contributed by atoms with E-state index in [9.17, 15) is 14.0 Å². The molecule has 0 heterocycles. The van der Waals surface area contributed by atoms with E-state index in [2.05, 4.69) is 5.32 Å². The molecule has 4 nitrogen and oxygen atoms in total. The minimum absolute atomic E-state index is 0.0184. The second-order valence-electron chi connectivity index (χ2n) is 4.45. The Morgan fingerprint density at radius 2 is 1.86 bits per heavy atom. The number of hydrogen-bond donors (Lipinski definition) is 1. The van der Waals surface area contributed by atoms with Gasteiger partial charge in [0.05, 0.1) is 10.6 Å². The van der Waals surface area contributed by atoms with Gasteiger partial charge in [0.1, 0.15) is 19.0 Å². The van der Waals surface area contributed by atoms with Crippen LogP contribution in [-0.4, -0.2) is 18.4 Å². The monoisotopic (exact) mass is 321 g/mol. The predicted molar refractivity (Wildman–Crippen MR) is 80.0 cm³/mol. The van der Waals surface area contributed by atoms with Crippen molar-refractivity contribution >= 4 is 23.5 Å². The molecule has 114 valence electrons. The van der Waals surface area contributed by atoms with Crippen LogP contribution in [0.1, 0.15) is 15.9 Å². The van der Waals surface area contributed by atoms with E-state index in [1.807, 2.05) is 30.3 Å². The number of halogens is 2. The van der Waals surface area contributed by atoms with Gasteiger partial charge < -0.3 is 10.1 Å². The predicted octanol–water partition coefficient (Wildman–Crippen LogP) is 2.95. The van der Waals surface area contributed by atoms with E-state index in [0.717, 1.165) is 17.7 Å². The third kappa shape index (κ3) is 4.56. The summed E-state index contributed by atoms with van der Waals surface area (Å²) in [6, 6.07) is 12.6. The summed E-state index contributed by atoms with van der Waals surface area (Å²) in [6.07, 6.45) is 0. The molecular formula is C16H13ClFNO3. The first-order valence-electron chi connectivity index (χ1n) is 6.49. The van der Waals surface area contributed by atoms with Gasteiger partial charge in [-0.1, -0.05) is 41.9 Å². The highest BCUT2D eigenvalue weighted by molar-refractivity contribution is 6.33. The second-order valence-corrected chi connectivity index (χ2v) is 4.86. The quantitative estimate of drug-likeness (QED) is 0.861. The maximum atomic E-state index is 12.9. The summed E-state index contributed by atoms with van der Waals surface area (Å²) in [6.45, 7) is -0.160. The molecule has 22 heavy (non-hydrogen) atoms. The molecule has 0 bridgehead atoms. The van der Waals surface area contributed by atoms with Crippen molar-refractivity contribution in [2.24, 2.45) is 0 Å². The van der Waals surface area contributed by atoms with Crippen LogP contribution in [0, 0.1) is 5.82 Å². The molecule has 0 aliphatic rings. The SMILES string of the molecule is O=C(CNC(=O)c1ccc(F)cc1Cl)OCc1ccccc1. The van der Waals surface area contributed by atoms with Gasteiger partial charge in [0, 0.05) is 0 Å². The van der Waals surface area contributed by atoms with E-state index < -0.39 is 17.7 Å². The fourth-order valence-electron chi connectivity index (χ4n) is 1.71. The van der Waals surface area contributed by atoms with Crippen molar-refractivity contribution in [3.05, 3.63) is 70.5 Å². The molecule has 6 heteroatoms. The third-order valence-corrected chi connectivity index (χ3v) is 3.12. The number of benzene rings is 2. The highest BCUT2D eigenvalue weighted by atomic mass is 35.5. The molecule has 0 aromatic heterocycles. The van der Waals surface area contributed by atoms with E-state index in [1.165, 1.54) is 6.07 Å². The van der Waals surface area contributed by atoms with Gasteiger partial charge in [-0.15, -0.1) is 0 Å². The van der Waals surface area contributed by atoms with Crippen LogP contribution in [0.2, 0.25) is 5.02 Å². The average Bonchev–Trinajstić information content (AvgIpc) is 2.51. The Balaban J connectivity index is 1.82. The van der Waals surface area contributed by atoms with E-state index >= 15 is 0 Å². The Labute approximate surface area is 131 Å². The fourth-order valence-corrected chi connectivity index (χ4v) is 1.96. The van der Waals surface area contributed by atoms with Crippen LogP contribution in [0.25, 0.3) is 0 Å². The second kappa shape index (κ2) is 7.56. The molecule has 0 unspecified atom stereocenters. The first kappa shape index (κ1) is 16.0. The number of ether oxygens (including phenoxy) is 1. The number of hydrogen-bond acceptors (Lipinski definition) is 3. The van der Waals surface area contributed by atoms with Crippen molar-refractivity contribution in [1.29, 1.82) is 0 Å². The zero-order chi connectivity index (χ0) is 15.9. The zero-order valence-corrected chi connectivity index (χ0v) is 12.3. The molecule has 0 radical (unpaired) electrons. The Kier molecular flexibility index (Phi) is 5.49. The number of esters is 1. The van der Waals surface area contributed by atoms with E-state index in [-0.39, 0.29) is 23.7 Å². The Bertz CT molecular complexity index is 676. The summed E-state index contributed by atoms with van der Waals surface area (Å²) in [4.78, 5) is 23.4. The topological polar surface area (TPSA) is 55.4 Å². The molecular weight excluding hydrogens is 309 g/mol. The first-order valence-corrected chi connectivity index (χ1v) is 6.87. The van der Waals surface area contributed by atoms with Crippen molar-refractivity contribution in [2.45, 2.75) is 6.61 Å². The number of nitrogens with one attached hydrogen (secondary N) is 1. The zero-order valence-electron chi connectivity index (χ0n) is 11.5. The van der Waals surface area contributed by atoms with Crippen molar-refractivity contribution in [2.75, 3.05) is 6.54 Å². The van der Waals surface area contributed by atoms with Crippen molar-refractivity contribution < 1.29 is 18.7 Å². The van der Waals surface area contributed by atoms with E-state index in [4.69, 9.17) is 16.3 Å². The summed E-state index contributed by atoms with van der Waals surface area (Å²) in [7, 11) is 0. The molecule has 1 amide bonds. The molecule has 2 aromatic carbocycles. The van der Waals surface area contributed by atoms with Crippen LogP contribution in [0.4, 0.5) is 4.39 Å². The minimum atomic E-state index is -0.574. The molecule has 0 spiro atoms. The van der Waals surface area contributed by atoms with Gasteiger partial charge >= 0.3 is 5.97 Å². The molecule has 2 rings (SSSR count). The summed E-state index contributed by atoms with van der Waals surface area (Å²) in [5.41, 5.74) is 0.947. The number of rotatable bonds is 5. The van der Waals surface area contributed by atoms with Crippen molar-refractivity contribution in [3.63, 3.8) is 0 Å². The molecule has 1 N–H and O–H groups in total. The van der Waals surface area contributed by atoms with Crippen LogP contribution in [-0.2, 0) is 16.1 Å². The number of carbonyl (C=O) groups is 2. The molecule has 0 atom stereocenters. The summed E-state index contributed by atoms with van der Waals surface area (Å²) >= 11 is 5.76. The normalized spacial score (nSPS) is 10.1. The standard InChI is InChI=1S/C16H13ClFNO3/c17-14-8-12(18)6-7-13(14)16(21)19-9-15(20)22-10-11-4-2-1-3-5-11/h1-8H,9-10H2,(H,19,21). The fraction of sp³-hybridized carbons (Fsp3) is 0.125. The van der Waals surface area contributed by atoms with Gasteiger partial charge in [-0.05, 0) is 23.8 Å². The molecule has 0 saturated carbocycles. The van der Waals surface area contributed by atoms with Crippen LogP contribution in [0.15, 0.2) is 48.5 Å². The lowest BCUT2D eigenvalue weighted by Gasteiger charge is -2.07. The lowest BCUT2D eigenvalue weighted by Crippen LogP contribution is -2.30. The van der Waals surface area contributed by atoms with Gasteiger partial charge in [0.15, 0.2) is 0 Å². The van der Waals surface area contributed by atoms with Gasteiger partial charge in [0.2, 0.25) is 0 Å². The Hall–Kier alpha value is -2.40. The number of amides is 1. The highest BCUT2D eigenvalue weighted by Gasteiger charge is 2.12. The molecule has 0 saturated heterocycles. The Morgan fingerprint density at radius 1 is 1.14 bits per heavy atom. The van der Waals surface area contributed by atoms with E-state index in [0.29, 0.717) is 0 Å². The summed E-state index contributed by atoms with van der Waals surface area (Å²) in [5, 5.41) is 2.36. The van der Waals surface area contributed by atoms with Gasteiger partial charge in [0.25, 0.3) is 5.91 Å². The average molecular weight is 322 g/mol. The largest absolute Gasteiger partial charge is 0.460 e. The van der Waals surface area contributed by atoms with Gasteiger partial charge in [-0.2, -0.15) is 0 Å². The van der Waals surface area contributed by atoms with Crippen molar-refractivity contribution in [3.8, 4) is 0 Å². The lowest BCUT2D eigenvalue weighted by atomic mass is 10.2. The van der Waals surface area contributed by atoms with Gasteiger partial charge in [-0.3, -0.25) is 9.59 Å².